The molecule has 0 bridgehead atoms. The summed E-state index contributed by atoms with van der Waals surface area (Å²) >= 11 is 5.82. The molecule has 2 atom stereocenters. The lowest BCUT2D eigenvalue weighted by atomic mass is 9.92. The summed E-state index contributed by atoms with van der Waals surface area (Å²) in [4.78, 5) is 12.1. The molecule has 2 N–H and O–H groups in total. The van der Waals surface area contributed by atoms with Gasteiger partial charge in [-0.1, -0.05) is 11.6 Å². The SMILES string of the molecule is CC1CC(C(=O)Nc2ccc(C(F)(F)F)cc2Cl)CCN1. The van der Waals surface area contributed by atoms with Crippen molar-refractivity contribution in [3.05, 3.63) is 28.8 Å². The summed E-state index contributed by atoms with van der Waals surface area (Å²) in [6.07, 6.45) is -3.05. The van der Waals surface area contributed by atoms with E-state index in [1.54, 1.807) is 0 Å². The summed E-state index contributed by atoms with van der Waals surface area (Å²) in [7, 11) is 0. The highest BCUT2D eigenvalue weighted by atomic mass is 35.5. The predicted molar refractivity (Wildman–Crippen MR) is 75.3 cm³/mol. The van der Waals surface area contributed by atoms with Gasteiger partial charge in [0, 0.05) is 12.0 Å². The number of anilines is 1. The predicted octanol–water partition coefficient (Wildman–Crippen LogP) is 3.69. The first-order valence-electron chi connectivity index (χ1n) is 6.68. The molecule has 1 aromatic carbocycles. The zero-order chi connectivity index (χ0) is 15.6. The molecule has 116 valence electrons. The Morgan fingerprint density at radius 1 is 1.43 bits per heavy atom. The van der Waals surface area contributed by atoms with Crippen LogP contribution in [-0.4, -0.2) is 18.5 Å². The molecule has 1 heterocycles. The van der Waals surface area contributed by atoms with Crippen molar-refractivity contribution >= 4 is 23.2 Å². The number of carbonyl (C=O) groups is 1. The average molecular weight is 321 g/mol. The number of benzene rings is 1. The van der Waals surface area contributed by atoms with Gasteiger partial charge in [-0.3, -0.25) is 4.79 Å². The van der Waals surface area contributed by atoms with Crippen molar-refractivity contribution in [2.45, 2.75) is 32.0 Å². The second kappa shape index (κ2) is 6.23. The fourth-order valence-corrected chi connectivity index (χ4v) is 2.63. The third kappa shape index (κ3) is 4.11. The van der Waals surface area contributed by atoms with Crippen molar-refractivity contribution in [3.63, 3.8) is 0 Å². The number of nitrogens with one attached hydrogen (secondary N) is 2. The van der Waals surface area contributed by atoms with Crippen LogP contribution in [-0.2, 0) is 11.0 Å². The van der Waals surface area contributed by atoms with Crippen LogP contribution >= 0.6 is 11.6 Å². The molecular weight excluding hydrogens is 305 g/mol. The van der Waals surface area contributed by atoms with E-state index in [4.69, 9.17) is 11.6 Å². The zero-order valence-corrected chi connectivity index (χ0v) is 12.2. The molecular formula is C14H16ClF3N2O. The lowest BCUT2D eigenvalue weighted by Crippen LogP contribution is -2.40. The highest BCUT2D eigenvalue weighted by molar-refractivity contribution is 6.33. The van der Waals surface area contributed by atoms with E-state index in [1.165, 1.54) is 6.07 Å². The number of alkyl halides is 3. The molecule has 0 spiro atoms. The molecule has 7 heteroatoms. The lowest BCUT2D eigenvalue weighted by molar-refractivity contribution is -0.137. The van der Waals surface area contributed by atoms with Gasteiger partial charge in [0.25, 0.3) is 0 Å². The van der Waals surface area contributed by atoms with Crippen molar-refractivity contribution in [1.29, 1.82) is 0 Å². The van der Waals surface area contributed by atoms with Crippen LogP contribution in [0.15, 0.2) is 18.2 Å². The molecule has 2 rings (SSSR count). The van der Waals surface area contributed by atoms with Gasteiger partial charge in [0.05, 0.1) is 16.3 Å². The molecule has 1 aliphatic heterocycles. The van der Waals surface area contributed by atoms with Crippen LogP contribution in [0.4, 0.5) is 18.9 Å². The number of halogens is 4. The summed E-state index contributed by atoms with van der Waals surface area (Å²) in [6, 6.07) is 3.17. The molecule has 1 saturated heterocycles. The number of piperidine rings is 1. The van der Waals surface area contributed by atoms with Crippen LogP contribution in [0.1, 0.15) is 25.3 Å². The first-order valence-corrected chi connectivity index (χ1v) is 7.06. The third-order valence-corrected chi connectivity index (χ3v) is 3.86. The van der Waals surface area contributed by atoms with Crippen LogP contribution < -0.4 is 10.6 Å². The topological polar surface area (TPSA) is 41.1 Å². The number of hydrogen-bond donors (Lipinski definition) is 2. The maximum Gasteiger partial charge on any atom is 0.416 e. The molecule has 0 radical (unpaired) electrons. The number of rotatable bonds is 2. The van der Waals surface area contributed by atoms with Crippen molar-refractivity contribution in [2.75, 3.05) is 11.9 Å². The van der Waals surface area contributed by atoms with E-state index in [2.05, 4.69) is 10.6 Å². The Balaban J connectivity index is 2.07. The maximum absolute atomic E-state index is 12.5. The summed E-state index contributed by atoms with van der Waals surface area (Å²) in [5.41, 5.74) is -0.623. The molecule has 1 aliphatic rings. The fourth-order valence-electron chi connectivity index (χ4n) is 2.40. The van der Waals surface area contributed by atoms with Gasteiger partial charge in [-0.15, -0.1) is 0 Å². The fraction of sp³-hybridized carbons (Fsp3) is 0.500. The number of carbonyl (C=O) groups excluding carboxylic acids is 1. The van der Waals surface area contributed by atoms with E-state index >= 15 is 0 Å². The van der Waals surface area contributed by atoms with Gasteiger partial charge in [0.1, 0.15) is 0 Å². The minimum absolute atomic E-state index is 0.111. The molecule has 0 aromatic heterocycles. The van der Waals surface area contributed by atoms with Gasteiger partial charge >= 0.3 is 6.18 Å². The summed E-state index contributed by atoms with van der Waals surface area (Å²) in [5.74, 6) is -0.357. The normalized spacial score (nSPS) is 22.9. The minimum Gasteiger partial charge on any atom is -0.325 e. The van der Waals surface area contributed by atoms with Crippen LogP contribution in [0.25, 0.3) is 0 Å². The third-order valence-electron chi connectivity index (χ3n) is 3.55. The van der Waals surface area contributed by atoms with Gasteiger partial charge in [-0.2, -0.15) is 13.2 Å². The van der Waals surface area contributed by atoms with Gasteiger partial charge < -0.3 is 10.6 Å². The second-order valence-electron chi connectivity index (χ2n) is 5.26. The minimum atomic E-state index is -4.45. The first-order chi connectivity index (χ1) is 9.77. The van der Waals surface area contributed by atoms with Gasteiger partial charge in [0.2, 0.25) is 5.91 Å². The van der Waals surface area contributed by atoms with Crippen molar-refractivity contribution in [2.24, 2.45) is 5.92 Å². The molecule has 1 fully saturated rings. The smallest absolute Gasteiger partial charge is 0.325 e. The zero-order valence-electron chi connectivity index (χ0n) is 11.4. The molecule has 1 aromatic rings. The Kier molecular flexibility index (Phi) is 4.78. The van der Waals surface area contributed by atoms with Crippen LogP contribution in [0, 0.1) is 5.92 Å². The molecule has 21 heavy (non-hydrogen) atoms. The van der Waals surface area contributed by atoms with Gasteiger partial charge in [-0.25, -0.2) is 0 Å². The van der Waals surface area contributed by atoms with Crippen LogP contribution in [0.5, 0.6) is 0 Å². The average Bonchev–Trinajstić information content (AvgIpc) is 2.39. The summed E-state index contributed by atoms with van der Waals surface area (Å²) in [6.45, 7) is 2.74. The number of hydrogen-bond acceptors (Lipinski definition) is 2. The standard InChI is InChI=1S/C14H16ClF3N2O/c1-8-6-9(4-5-19-8)13(21)20-12-3-2-10(7-11(12)15)14(16,17)18/h2-3,7-9,19H,4-6H2,1H3,(H,20,21). The van der Waals surface area contributed by atoms with E-state index in [0.29, 0.717) is 12.8 Å². The highest BCUT2D eigenvalue weighted by Crippen LogP contribution is 2.34. The Bertz CT molecular complexity index is 533. The largest absolute Gasteiger partial charge is 0.416 e. The maximum atomic E-state index is 12.5. The Labute approximate surface area is 125 Å². The van der Waals surface area contributed by atoms with Crippen molar-refractivity contribution in [3.8, 4) is 0 Å². The van der Waals surface area contributed by atoms with E-state index in [-0.39, 0.29) is 28.6 Å². The Morgan fingerprint density at radius 3 is 2.71 bits per heavy atom. The van der Waals surface area contributed by atoms with Gasteiger partial charge in [0.15, 0.2) is 0 Å². The highest BCUT2D eigenvalue weighted by Gasteiger charge is 2.31. The Hall–Kier alpha value is -1.27. The van der Waals surface area contributed by atoms with Crippen molar-refractivity contribution in [1.82, 2.24) is 5.32 Å². The van der Waals surface area contributed by atoms with Crippen molar-refractivity contribution < 1.29 is 18.0 Å². The molecule has 2 unspecified atom stereocenters. The molecule has 1 amide bonds. The lowest BCUT2D eigenvalue weighted by Gasteiger charge is -2.27. The van der Waals surface area contributed by atoms with Gasteiger partial charge in [-0.05, 0) is 44.5 Å². The summed E-state index contributed by atoms with van der Waals surface area (Å²) in [5, 5.41) is 5.74. The van der Waals surface area contributed by atoms with E-state index in [0.717, 1.165) is 18.7 Å². The van der Waals surface area contributed by atoms with Crippen LogP contribution in [0.3, 0.4) is 0 Å². The molecule has 0 aliphatic carbocycles. The first kappa shape index (κ1) is 16.1. The summed E-state index contributed by atoms with van der Waals surface area (Å²) < 4.78 is 37.6. The second-order valence-corrected chi connectivity index (χ2v) is 5.67. The number of amides is 1. The van der Waals surface area contributed by atoms with E-state index in [9.17, 15) is 18.0 Å². The molecule has 3 nitrogen and oxygen atoms in total. The van der Waals surface area contributed by atoms with Crippen LogP contribution in [0.2, 0.25) is 5.02 Å². The Morgan fingerprint density at radius 2 is 2.14 bits per heavy atom. The van der Waals surface area contributed by atoms with E-state index in [1.807, 2.05) is 6.92 Å². The monoisotopic (exact) mass is 320 g/mol. The molecule has 0 saturated carbocycles. The van der Waals surface area contributed by atoms with E-state index < -0.39 is 11.7 Å². The quantitative estimate of drug-likeness (QED) is 0.872.